The highest BCUT2D eigenvalue weighted by molar-refractivity contribution is 7.91. The topological polar surface area (TPSA) is 55.4 Å². The Morgan fingerprint density at radius 1 is 1.33 bits per heavy atom. The van der Waals surface area contributed by atoms with Crippen LogP contribution in [0.25, 0.3) is 0 Å². The van der Waals surface area contributed by atoms with Crippen LogP contribution in [0.15, 0.2) is 0 Å². The van der Waals surface area contributed by atoms with Crippen molar-refractivity contribution in [2.24, 2.45) is 11.8 Å². The maximum Gasteiger partial charge on any atom is 0.150 e. The molecular formula is C13H25NO3S. The van der Waals surface area contributed by atoms with Gasteiger partial charge in [0.15, 0.2) is 9.84 Å². The van der Waals surface area contributed by atoms with Crippen molar-refractivity contribution in [3.63, 3.8) is 0 Å². The predicted octanol–water partition coefficient (Wildman–Crippen LogP) is 1.21. The first-order valence-corrected chi connectivity index (χ1v) is 8.83. The monoisotopic (exact) mass is 275 g/mol. The molecule has 1 N–H and O–H groups in total. The zero-order valence-corrected chi connectivity index (χ0v) is 12.2. The Bertz CT molecular complexity index is 368. The molecule has 18 heavy (non-hydrogen) atoms. The van der Waals surface area contributed by atoms with Crippen LogP contribution in [-0.2, 0) is 14.6 Å². The van der Waals surface area contributed by atoms with Gasteiger partial charge in [-0.05, 0) is 58.0 Å². The molecule has 2 heterocycles. The van der Waals surface area contributed by atoms with Crippen LogP contribution in [0.5, 0.6) is 0 Å². The Morgan fingerprint density at radius 2 is 2.11 bits per heavy atom. The standard InChI is InChI=1S/C13H25NO3S/c1-10-3-4-13(17-10)7-12(8-14-2)11-5-6-18(15,16)9-11/h10-14H,3-9H2,1-2H3. The van der Waals surface area contributed by atoms with E-state index in [4.69, 9.17) is 4.74 Å². The normalized spacial score (nSPS) is 36.9. The summed E-state index contributed by atoms with van der Waals surface area (Å²) < 4.78 is 29.0. The second kappa shape index (κ2) is 5.88. The van der Waals surface area contributed by atoms with Crippen LogP contribution in [0.2, 0.25) is 0 Å². The van der Waals surface area contributed by atoms with E-state index in [9.17, 15) is 8.42 Å². The van der Waals surface area contributed by atoms with E-state index in [0.717, 1.165) is 32.2 Å². The minimum atomic E-state index is -2.77. The Hall–Kier alpha value is -0.130. The molecule has 0 aromatic carbocycles. The van der Waals surface area contributed by atoms with Gasteiger partial charge >= 0.3 is 0 Å². The molecule has 5 heteroatoms. The Kier molecular flexibility index (Phi) is 4.67. The molecule has 0 aromatic heterocycles. The molecule has 4 nitrogen and oxygen atoms in total. The van der Waals surface area contributed by atoms with Crippen molar-refractivity contribution < 1.29 is 13.2 Å². The van der Waals surface area contributed by atoms with Crippen molar-refractivity contribution in [3.8, 4) is 0 Å². The summed E-state index contributed by atoms with van der Waals surface area (Å²) in [5.74, 6) is 1.51. The molecule has 0 saturated carbocycles. The average molecular weight is 275 g/mol. The molecule has 0 aromatic rings. The van der Waals surface area contributed by atoms with Gasteiger partial charge in [0.1, 0.15) is 0 Å². The molecule has 2 aliphatic heterocycles. The summed E-state index contributed by atoms with van der Waals surface area (Å²) in [6.45, 7) is 3.02. The number of ether oxygens (including phenoxy) is 1. The first-order valence-electron chi connectivity index (χ1n) is 7.00. The first-order chi connectivity index (χ1) is 8.50. The lowest BCUT2D eigenvalue weighted by Gasteiger charge is -2.25. The summed E-state index contributed by atoms with van der Waals surface area (Å²) in [6.07, 6.45) is 4.81. The fourth-order valence-electron chi connectivity index (χ4n) is 3.30. The van der Waals surface area contributed by atoms with E-state index in [1.807, 2.05) is 7.05 Å². The second-order valence-corrected chi connectivity index (χ2v) is 8.09. The third-order valence-corrected chi connectivity index (χ3v) is 6.08. The molecule has 2 saturated heterocycles. The molecule has 4 atom stereocenters. The van der Waals surface area contributed by atoms with Crippen LogP contribution in [0.1, 0.15) is 32.6 Å². The molecule has 0 amide bonds. The van der Waals surface area contributed by atoms with Gasteiger partial charge in [-0.25, -0.2) is 8.42 Å². The molecule has 0 spiro atoms. The summed E-state index contributed by atoms with van der Waals surface area (Å²) in [7, 11) is -0.833. The molecule has 0 radical (unpaired) electrons. The molecule has 106 valence electrons. The smallest absolute Gasteiger partial charge is 0.150 e. The van der Waals surface area contributed by atoms with Gasteiger partial charge in [-0.1, -0.05) is 0 Å². The van der Waals surface area contributed by atoms with E-state index in [0.29, 0.717) is 35.5 Å². The summed E-state index contributed by atoms with van der Waals surface area (Å²) in [5.41, 5.74) is 0. The number of hydrogen-bond acceptors (Lipinski definition) is 4. The SMILES string of the molecule is CNCC(CC1CCC(C)O1)C1CCS(=O)(=O)C1. The maximum atomic E-state index is 11.6. The van der Waals surface area contributed by atoms with Gasteiger partial charge in [0.2, 0.25) is 0 Å². The molecule has 4 unspecified atom stereocenters. The van der Waals surface area contributed by atoms with Crippen LogP contribution in [0.4, 0.5) is 0 Å². The summed E-state index contributed by atoms with van der Waals surface area (Å²) in [5, 5.41) is 3.21. The lowest BCUT2D eigenvalue weighted by atomic mass is 9.86. The predicted molar refractivity (Wildman–Crippen MR) is 72.4 cm³/mol. The highest BCUT2D eigenvalue weighted by atomic mass is 32.2. The van der Waals surface area contributed by atoms with Gasteiger partial charge in [0.05, 0.1) is 23.7 Å². The Labute approximate surface area is 110 Å². The van der Waals surface area contributed by atoms with E-state index in [1.165, 1.54) is 0 Å². The van der Waals surface area contributed by atoms with Crippen molar-refractivity contribution in [3.05, 3.63) is 0 Å². The molecule has 2 aliphatic rings. The van der Waals surface area contributed by atoms with E-state index in [-0.39, 0.29) is 0 Å². The fourth-order valence-corrected chi connectivity index (χ4v) is 5.22. The van der Waals surface area contributed by atoms with E-state index < -0.39 is 9.84 Å². The zero-order chi connectivity index (χ0) is 13.2. The van der Waals surface area contributed by atoms with E-state index in [1.54, 1.807) is 0 Å². The van der Waals surface area contributed by atoms with Gasteiger partial charge < -0.3 is 10.1 Å². The minimum Gasteiger partial charge on any atom is -0.375 e. The van der Waals surface area contributed by atoms with Gasteiger partial charge in [0, 0.05) is 0 Å². The van der Waals surface area contributed by atoms with E-state index in [2.05, 4.69) is 12.2 Å². The Balaban J connectivity index is 1.91. The average Bonchev–Trinajstić information content (AvgIpc) is 2.84. The van der Waals surface area contributed by atoms with E-state index >= 15 is 0 Å². The minimum absolute atomic E-state index is 0.321. The molecular weight excluding hydrogens is 250 g/mol. The fraction of sp³-hybridized carbons (Fsp3) is 1.00. The van der Waals surface area contributed by atoms with Crippen molar-refractivity contribution >= 4 is 9.84 Å². The van der Waals surface area contributed by atoms with Crippen LogP contribution >= 0.6 is 0 Å². The van der Waals surface area contributed by atoms with Crippen LogP contribution in [0.3, 0.4) is 0 Å². The van der Waals surface area contributed by atoms with Crippen LogP contribution in [0, 0.1) is 11.8 Å². The molecule has 2 fully saturated rings. The zero-order valence-electron chi connectivity index (χ0n) is 11.4. The van der Waals surface area contributed by atoms with Crippen LogP contribution in [-0.4, -0.2) is 45.7 Å². The third kappa shape index (κ3) is 3.68. The maximum absolute atomic E-state index is 11.6. The van der Waals surface area contributed by atoms with Crippen molar-refractivity contribution in [2.45, 2.75) is 44.8 Å². The number of hydrogen-bond donors (Lipinski definition) is 1. The highest BCUT2D eigenvalue weighted by Gasteiger charge is 2.35. The third-order valence-electron chi connectivity index (χ3n) is 4.29. The molecule has 0 aliphatic carbocycles. The summed E-state index contributed by atoms with van der Waals surface area (Å²) >= 11 is 0. The van der Waals surface area contributed by atoms with Crippen molar-refractivity contribution in [1.29, 1.82) is 0 Å². The number of sulfone groups is 1. The Morgan fingerprint density at radius 3 is 2.61 bits per heavy atom. The van der Waals surface area contributed by atoms with Crippen molar-refractivity contribution in [1.82, 2.24) is 5.32 Å². The lowest BCUT2D eigenvalue weighted by molar-refractivity contribution is 0.0357. The van der Waals surface area contributed by atoms with Gasteiger partial charge in [-0.3, -0.25) is 0 Å². The summed E-state index contributed by atoms with van der Waals surface area (Å²) in [4.78, 5) is 0. The van der Waals surface area contributed by atoms with Gasteiger partial charge in [-0.2, -0.15) is 0 Å². The molecule has 0 bridgehead atoms. The summed E-state index contributed by atoms with van der Waals surface area (Å²) in [6, 6.07) is 0. The number of rotatable bonds is 5. The quantitative estimate of drug-likeness (QED) is 0.819. The van der Waals surface area contributed by atoms with Gasteiger partial charge in [0.25, 0.3) is 0 Å². The highest BCUT2D eigenvalue weighted by Crippen LogP contribution is 2.32. The largest absolute Gasteiger partial charge is 0.375 e. The second-order valence-electron chi connectivity index (χ2n) is 5.86. The van der Waals surface area contributed by atoms with Crippen molar-refractivity contribution in [2.75, 3.05) is 25.1 Å². The molecule has 2 rings (SSSR count). The van der Waals surface area contributed by atoms with Gasteiger partial charge in [-0.15, -0.1) is 0 Å². The van der Waals surface area contributed by atoms with Crippen LogP contribution < -0.4 is 5.32 Å². The number of nitrogens with one attached hydrogen (secondary N) is 1. The first kappa shape index (κ1) is 14.3. The lowest BCUT2D eigenvalue weighted by Crippen LogP contribution is -2.30.